The van der Waals surface area contributed by atoms with E-state index in [9.17, 15) is 0 Å². The Morgan fingerprint density at radius 2 is 0.921 bits per heavy atom. The average molecular weight is 529 g/mol. The highest BCUT2D eigenvalue weighted by Crippen LogP contribution is 2.51. The summed E-state index contributed by atoms with van der Waals surface area (Å²) in [5.74, 6) is 0.700. The number of hydrogen-bond acceptors (Lipinski definition) is 0. The molecule has 188 valence electrons. The van der Waals surface area contributed by atoms with Gasteiger partial charge in [0.25, 0.3) is 0 Å². The van der Waals surface area contributed by atoms with E-state index in [-0.39, 0.29) is 0 Å². The molecule has 1 saturated carbocycles. The molecule has 0 heterocycles. The largest absolute Gasteiger partial charge is 0.0622 e. The van der Waals surface area contributed by atoms with E-state index in [1.807, 2.05) is 0 Å². The van der Waals surface area contributed by atoms with Crippen LogP contribution in [0, 0.1) is 5.92 Å². The third-order valence-electron chi connectivity index (χ3n) is 7.76. The van der Waals surface area contributed by atoms with Crippen molar-refractivity contribution in [3.8, 4) is 0 Å². The molecule has 0 bridgehead atoms. The molecule has 0 radical (unpaired) electrons. The molecule has 0 spiro atoms. The predicted molar refractivity (Wildman–Crippen MR) is 169 cm³/mol. The lowest BCUT2D eigenvalue weighted by Gasteiger charge is -2.31. The van der Waals surface area contributed by atoms with Crippen molar-refractivity contribution < 1.29 is 0 Å². The van der Waals surface area contributed by atoms with Gasteiger partial charge in [-0.15, -0.1) is 0 Å². The first-order valence-corrected chi connectivity index (χ1v) is 16.5. The molecule has 0 aliphatic heterocycles. The fourth-order valence-electron chi connectivity index (χ4n) is 6.07. The van der Waals surface area contributed by atoms with Crippen LogP contribution in [-0.2, 0) is 6.42 Å². The number of rotatable bonds is 8. The third kappa shape index (κ3) is 5.54. The highest BCUT2D eigenvalue weighted by molar-refractivity contribution is 7.80. The summed E-state index contributed by atoms with van der Waals surface area (Å²) in [7, 11) is -0.994. The number of benzene rings is 5. The van der Waals surface area contributed by atoms with Crippen molar-refractivity contribution in [2.24, 2.45) is 5.92 Å². The predicted octanol–water partition coefficient (Wildman–Crippen LogP) is 7.29. The monoisotopic (exact) mass is 528 g/mol. The topological polar surface area (TPSA) is 0 Å². The van der Waals surface area contributed by atoms with Gasteiger partial charge in [-0.3, -0.25) is 0 Å². The Morgan fingerprint density at radius 1 is 0.474 bits per heavy atom. The molecule has 5 aromatic carbocycles. The van der Waals surface area contributed by atoms with Crippen molar-refractivity contribution in [2.75, 3.05) is 0 Å². The molecule has 1 unspecified atom stereocenters. The van der Waals surface area contributed by atoms with Gasteiger partial charge in [0.05, 0.1) is 0 Å². The molecule has 1 aliphatic rings. The quantitative estimate of drug-likeness (QED) is 0.186. The second-order valence-electron chi connectivity index (χ2n) is 10.1. The lowest BCUT2D eigenvalue weighted by atomic mass is 9.97. The van der Waals surface area contributed by atoms with Gasteiger partial charge in [-0.2, -0.15) is 0 Å². The fourth-order valence-corrected chi connectivity index (χ4v) is 11.7. The highest BCUT2D eigenvalue weighted by Gasteiger charge is 2.36. The van der Waals surface area contributed by atoms with Crippen LogP contribution in [-0.4, -0.2) is 5.66 Å². The number of hydrogen-bond donors (Lipinski definition) is 0. The van der Waals surface area contributed by atoms with Gasteiger partial charge in [-0.1, -0.05) is 152 Å². The standard InChI is InChI=1S/C36H34P2/c1-5-18-31(19-6-1)37(32-20-7-2-8-21-32)35-26-14-13-16-29(35)28-30-17-15-27-36(30)38(33-22-9-3-10-23-33)34-24-11-4-12-25-34/h1-14,16,18-26,30,36H,15,17,27-28H2/t30-,36?/m0/s1. The summed E-state index contributed by atoms with van der Waals surface area (Å²) in [5.41, 5.74) is 2.25. The van der Waals surface area contributed by atoms with Crippen LogP contribution in [0.1, 0.15) is 24.8 Å². The first-order chi connectivity index (χ1) is 18.9. The lowest BCUT2D eigenvalue weighted by molar-refractivity contribution is 0.556. The van der Waals surface area contributed by atoms with E-state index in [1.165, 1.54) is 45.8 Å². The third-order valence-corrected chi connectivity index (χ3v) is 13.4. The van der Waals surface area contributed by atoms with Crippen molar-refractivity contribution >= 4 is 42.4 Å². The SMILES string of the molecule is c1ccc(P(c2ccccc2)c2ccccc2C[C@@H]2CCCC2P(c2ccccc2)c2ccccc2)cc1. The highest BCUT2D eigenvalue weighted by atomic mass is 31.1. The van der Waals surface area contributed by atoms with Crippen LogP contribution < -0.4 is 26.5 Å². The van der Waals surface area contributed by atoms with E-state index in [1.54, 1.807) is 5.56 Å². The van der Waals surface area contributed by atoms with Crippen molar-refractivity contribution in [1.82, 2.24) is 0 Å². The Hall–Kier alpha value is -3.04. The van der Waals surface area contributed by atoms with Crippen LogP contribution in [0.2, 0.25) is 0 Å². The summed E-state index contributed by atoms with van der Waals surface area (Å²) in [6.07, 6.45) is 5.15. The molecule has 0 amide bonds. The zero-order chi connectivity index (χ0) is 25.6. The van der Waals surface area contributed by atoms with E-state index in [0.29, 0.717) is 11.6 Å². The zero-order valence-corrected chi connectivity index (χ0v) is 23.5. The van der Waals surface area contributed by atoms with E-state index in [4.69, 9.17) is 0 Å². The molecule has 0 aromatic heterocycles. The van der Waals surface area contributed by atoms with Crippen molar-refractivity contribution in [3.63, 3.8) is 0 Å². The summed E-state index contributed by atoms with van der Waals surface area (Å²) in [5, 5.41) is 7.43. The minimum atomic E-state index is -0.599. The molecule has 38 heavy (non-hydrogen) atoms. The van der Waals surface area contributed by atoms with Gasteiger partial charge in [-0.05, 0) is 78.8 Å². The Balaban J connectivity index is 1.38. The van der Waals surface area contributed by atoms with E-state index in [2.05, 4.69) is 146 Å². The second-order valence-corrected chi connectivity index (χ2v) is 14.8. The van der Waals surface area contributed by atoms with Gasteiger partial charge < -0.3 is 0 Å². The Bertz CT molecular complexity index is 1340. The molecule has 0 N–H and O–H groups in total. The maximum atomic E-state index is 2.42. The molecular formula is C36H34P2. The van der Waals surface area contributed by atoms with Crippen molar-refractivity contribution in [1.29, 1.82) is 0 Å². The lowest BCUT2D eigenvalue weighted by Crippen LogP contribution is -2.28. The molecule has 5 aromatic rings. The molecule has 2 atom stereocenters. The fraction of sp³-hybridized carbons (Fsp3) is 0.167. The van der Waals surface area contributed by atoms with Crippen LogP contribution in [0.4, 0.5) is 0 Å². The molecule has 1 aliphatic carbocycles. The molecular weight excluding hydrogens is 494 g/mol. The molecule has 0 nitrogen and oxygen atoms in total. The zero-order valence-electron chi connectivity index (χ0n) is 21.7. The van der Waals surface area contributed by atoms with Crippen LogP contribution >= 0.6 is 15.8 Å². The van der Waals surface area contributed by atoms with Gasteiger partial charge in [0, 0.05) is 0 Å². The van der Waals surface area contributed by atoms with Crippen LogP contribution in [0.3, 0.4) is 0 Å². The molecule has 2 heteroatoms. The maximum Gasteiger partial charge on any atom is -0.00973 e. The van der Waals surface area contributed by atoms with Gasteiger partial charge >= 0.3 is 0 Å². The first kappa shape index (κ1) is 25.2. The first-order valence-electron chi connectivity index (χ1n) is 13.8. The maximum absolute atomic E-state index is 2.42. The summed E-state index contributed by atoms with van der Waals surface area (Å²) >= 11 is 0. The average Bonchev–Trinajstić information content (AvgIpc) is 3.44. The van der Waals surface area contributed by atoms with E-state index in [0.717, 1.165) is 6.42 Å². The van der Waals surface area contributed by atoms with Gasteiger partial charge in [-0.25, -0.2) is 0 Å². The summed E-state index contributed by atoms with van der Waals surface area (Å²) < 4.78 is 0. The second kappa shape index (κ2) is 12.2. The van der Waals surface area contributed by atoms with Crippen molar-refractivity contribution in [3.05, 3.63) is 151 Å². The summed E-state index contributed by atoms with van der Waals surface area (Å²) in [6, 6.07) is 54.3. The summed E-state index contributed by atoms with van der Waals surface area (Å²) in [4.78, 5) is 0. The van der Waals surface area contributed by atoms with Crippen LogP contribution in [0.5, 0.6) is 0 Å². The minimum Gasteiger partial charge on any atom is -0.0622 e. The van der Waals surface area contributed by atoms with Gasteiger partial charge in [0.2, 0.25) is 0 Å². The van der Waals surface area contributed by atoms with Gasteiger partial charge in [0.1, 0.15) is 0 Å². The molecule has 6 rings (SSSR count). The van der Waals surface area contributed by atoms with E-state index < -0.39 is 15.8 Å². The van der Waals surface area contributed by atoms with Crippen LogP contribution in [0.15, 0.2) is 146 Å². The normalized spacial score (nSPS) is 17.2. The Kier molecular flexibility index (Phi) is 8.12. The van der Waals surface area contributed by atoms with Gasteiger partial charge in [0.15, 0.2) is 0 Å². The van der Waals surface area contributed by atoms with Crippen molar-refractivity contribution in [2.45, 2.75) is 31.3 Å². The molecule has 0 saturated heterocycles. The van der Waals surface area contributed by atoms with Crippen LogP contribution in [0.25, 0.3) is 0 Å². The Morgan fingerprint density at radius 3 is 1.45 bits per heavy atom. The molecule has 1 fully saturated rings. The summed E-state index contributed by atoms with van der Waals surface area (Å²) in [6.45, 7) is 0. The minimum absolute atomic E-state index is 0.395. The Labute approximate surface area is 230 Å². The smallest absolute Gasteiger partial charge is 0.00973 e. The van der Waals surface area contributed by atoms with E-state index >= 15 is 0 Å².